The molecule has 1 aliphatic heterocycles. The molecule has 0 spiro atoms. The van der Waals surface area contributed by atoms with Crippen LogP contribution in [0, 0.1) is 6.92 Å². The summed E-state index contributed by atoms with van der Waals surface area (Å²) in [5.41, 5.74) is 1.46. The van der Waals surface area contributed by atoms with E-state index in [0.717, 1.165) is 16.0 Å². The number of urea groups is 1. The van der Waals surface area contributed by atoms with Crippen LogP contribution in [-0.4, -0.2) is 27.0 Å². The number of halogens is 1. The van der Waals surface area contributed by atoms with E-state index in [1.54, 1.807) is 24.3 Å². The topological polar surface area (TPSA) is 88.3 Å². The molecule has 0 radical (unpaired) electrons. The van der Waals surface area contributed by atoms with Gasteiger partial charge in [-0.3, -0.25) is 9.69 Å². The van der Waals surface area contributed by atoms with Crippen LogP contribution >= 0.6 is 11.6 Å². The molecule has 2 aromatic carbocycles. The average molecular weight is 411 g/mol. The predicted molar refractivity (Wildman–Crippen MR) is 107 cm³/mol. The van der Waals surface area contributed by atoms with E-state index in [1.807, 2.05) is 38.1 Å². The third-order valence-corrected chi connectivity index (χ3v) is 5.37. The molecule has 1 aromatic heterocycles. The first-order chi connectivity index (χ1) is 13.9. The summed E-state index contributed by atoms with van der Waals surface area (Å²) in [6.07, 6.45) is 0.397. The van der Waals surface area contributed by atoms with Crippen molar-refractivity contribution in [2.75, 3.05) is 0 Å². The van der Waals surface area contributed by atoms with Crippen molar-refractivity contribution in [1.82, 2.24) is 20.4 Å². The Balaban J connectivity index is 1.58. The van der Waals surface area contributed by atoms with E-state index in [0.29, 0.717) is 22.8 Å². The van der Waals surface area contributed by atoms with Crippen molar-refractivity contribution in [3.8, 4) is 11.4 Å². The molecule has 0 aliphatic carbocycles. The first kappa shape index (κ1) is 19.1. The molecule has 1 fully saturated rings. The summed E-state index contributed by atoms with van der Waals surface area (Å²) in [4.78, 5) is 31.2. The monoisotopic (exact) mass is 410 g/mol. The minimum absolute atomic E-state index is 0.0983. The quantitative estimate of drug-likeness (QED) is 0.641. The number of rotatable bonds is 5. The van der Waals surface area contributed by atoms with E-state index in [1.165, 1.54) is 0 Å². The Morgan fingerprint density at radius 1 is 1.10 bits per heavy atom. The van der Waals surface area contributed by atoms with Gasteiger partial charge in [-0.1, -0.05) is 65.6 Å². The van der Waals surface area contributed by atoms with Crippen molar-refractivity contribution in [2.45, 2.75) is 32.4 Å². The first-order valence-corrected chi connectivity index (χ1v) is 9.60. The highest BCUT2D eigenvalue weighted by Gasteiger charge is 2.51. The van der Waals surface area contributed by atoms with Gasteiger partial charge in [0.2, 0.25) is 11.7 Å². The Labute approximate surface area is 172 Å². The van der Waals surface area contributed by atoms with Gasteiger partial charge in [0.1, 0.15) is 12.1 Å². The molecule has 0 saturated carbocycles. The fraction of sp³-hybridized carbons (Fsp3) is 0.238. The van der Waals surface area contributed by atoms with Gasteiger partial charge in [-0.25, -0.2) is 4.79 Å². The highest BCUT2D eigenvalue weighted by Crippen LogP contribution is 2.33. The standard InChI is InChI=1S/C21H19ClN4O3/c1-3-21(15-8-10-16(22)11-9-15)19(27)26(20(28)24-21)12-17-23-18(25-29-17)14-6-4-13(2)5-7-14/h4-11H,3,12H2,1-2H3,(H,24,28). The third-order valence-electron chi connectivity index (χ3n) is 5.11. The molecule has 29 heavy (non-hydrogen) atoms. The molecule has 4 rings (SSSR count). The molecule has 148 valence electrons. The van der Waals surface area contributed by atoms with Gasteiger partial charge in [0, 0.05) is 10.6 Å². The van der Waals surface area contributed by atoms with Crippen LogP contribution in [0.2, 0.25) is 5.02 Å². The van der Waals surface area contributed by atoms with Crippen molar-refractivity contribution in [3.63, 3.8) is 0 Å². The van der Waals surface area contributed by atoms with Crippen molar-refractivity contribution >= 4 is 23.5 Å². The summed E-state index contributed by atoms with van der Waals surface area (Å²) in [6.45, 7) is 3.74. The van der Waals surface area contributed by atoms with Gasteiger partial charge < -0.3 is 9.84 Å². The molecule has 0 bridgehead atoms. The van der Waals surface area contributed by atoms with Crippen LogP contribution in [0.1, 0.15) is 30.4 Å². The van der Waals surface area contributed by atoms with Gasteiger partial charge in [-0.05, 0) is 31.0 Å². The van der Waals surface area contributed by atoms with Gasteiger partial charge in [0.15, 0.2) is 0 Å². The van der Waals surface area contributed by atoms with Crippen LogP contribution in [-0.2, 0) is 16.9 Å². The van der Waals surface area contributed by atoms with E-state index in [2.05, 4.69) is 15.5 Å². The summed E-state index contributed by atoms with van der Waals surface area (Å²) < 4.78 is 5.28. The maximum Gasteiger partial charge on any atom is 0.325 e. The number of hydrogen-bond donors (Lipinski definition) is 1. The van der Waals surface area contributed by atoms with Crippen LogP contribution in [0.3, 0.4) is 0 Å². The van der Waals surface area contributed by atoms with Crippen molar-refractivity contribution < 1.29 is 14.1 Å². The second kappa shape index (κ2) is 7.33. The SMILES string of the molecule is CCC1(c2ccc(Cl)cc2)NC(=O)N(Cc2nc(-c3ccc(C)cc3)no2)C1=O. The first-order valence-electron chi connectivity index (χ1n) is 9.23. The summed E-state index contributed by atoms with van der Waals surface area (Å²) in [6, 6.07) is 14.1. The second-order valence-corrected chi connectivity index (χ2v) is 7.40. The van der Waals surface area contributed by atoms with Crippen LogP contribution < -0.4 is 5.32 Å². The normalized spacial score (nSPS) is 18.9. The Morgan fingerprint density at radius 2 is 1.79 bits per heavy atom. The Hall–Kier alpha value is -3.19. The van der Waals surface area contributed by atoms with Crippen molar-refractivity contribution in [2.24, 2.45) is 0 Å². The zero-order valence-electron chi connectivity index (χ0n) is 16.0. The minimum atomic E-state index is -1.14. The smallest absolute Gasteiger partial charge is 0.325 e. The second-order valence-electron chi connectivity index (χ2n) is 6.96. The lowest BCUT2D eigenvalue weighted by Crippen LogP contribution is -2.43. The van der Waals surface area contributed by atoms with Gasteiger partial charge in [0.25, 0.3) is 5.91 Å². The summed E-state index contributed by atoms with van der Waals surface area (Å²) in [5.74, 6) is 0.237. The van der Waals surface area contributed by atoms with Gasteiger partial charge >= 0.3 is 6.03 Å². The van der Waals surface area contributed by atoms with E-state index in [4.69, 9.17) is 16.1 Å². The largest absolute Gasteiger partial charge is 0.337 e. The summed E-state index contributed by atoms with van der Waals surface area (Å²) >= 11 is 5.96. The number of imide groups is 1. The average Bonchev–Trinajstić information content (AvgIpc) is 3.28. The van der Waals surface area contributed by atoms with Gasteiger partial charge in [0.05, 0.1) is 0 Å². The van der Waals surface area contributed by atoms with E-state index in [9.17, 15) is 9.59 Å². The zero-order valence-corrected chi connectivity index (χ0v) is 16.7. The van der Waals surface area contributed by atoms with Gasteiger partial charge in [-0.2, -0.15) is 4.98 Å². The number of benzene rings is 2. The number of aromatic nitrogens is 2. The van der Waals surface area contributed by atoms with E-state index >= 15 is 0 Å². The fourth-order valence-corrected chi connectivity index (χ4v) is 3.54. The lowest BCUT2D eigenvalue weighted by Gasteiger charge is -2.25. The highest BCUT2D eigenvalue weighted by atomic mass is 35.5. The number of nitrogens with one attached hydrogen (secondary N) is 1. The predicted octanol–water partition coefficient (Wildman–Crippen LogP) is 4.06. The number of aryl methyl sites for hydroxylation is 1. The van der Waals surface area contributed by atoms with Crippen LogP contribution in [0.15, 0.2) is 53.1 Å². The molecule has 3 aromatic rings. The Bertz CT molecular complexity index is 1060. The molecular weight excluding hydrogens is 392 g/mol. The molecular formula is C21H19ClN4O3. The molecule has 1 aliphatic rings. The molecule has 1 atom stereocenters. The fourth-order valence-electron chi connectivity index (χ4n) is 3.42. The highest BCUT2D eigenvalue weighted by molar-refractivity contribution is 6.30. The molecule has 1 saturated heterocycles. The molecule has 7 nitrogen and oxygen atoms in total. The summed E-state index contributed by atoms with van der Waals surface area (Å²) in [7, 11) is 0. The van der Waals surface area contributed by atoms with E-state index < -0.39 is 11.6 Å². The van der Waals surface area contributed by atoms with Crippen molar-refractivity contribution in [3.05, 3.63) is 70.6 Å². The van der Waals surface area contributed by atoms with E-state index in [-0.39, 0.29) is 18.3 Å². The summed E-state index contributed by atoms with van der Waals surface area (Å²) in [5, 5.41) is 7.34. The molecule has 2 heterocycles. The minimum Gasteiger partial charge on any atom is -0.337 e. The Morgan fingerprint density at radius 3 is 2.45 bits per heavy atom. The number of nitrogens with zero attached hydrogens (tertiary/aromatic N) is 3. The molecule has 1 N–H and O–H groups in total. The number of carbonyl (C=O) groups is 2. The maximum atomic E-state index is 13.2. The lowest BCUT2D eigenvalue weighted by atomic mass is 9.87. The van der Waals surface area contributed by atoms with Crippen molar-refractivity contribution in [1.29, 1.82) is 0 Å². The zero-order chi connectivity index (χ0) is 20.6. The number of carbonyl (C=O) groups excluding carboxylic acids is 2. The molecule has 1 unspecified atom stereocenters. The van der Waals surface area contributed by atoms with Crippen LogP contribution in [0.5, 0.6) is 0 Å². The molecule has 3 amide bonds. The van der Waals surface area contributed by atoms with Crippen LogP contribution in [0.4, 0.5) is 4.79 Å². The van der Waals surface area contributed by atoms with Crippen LogP contribution in [0.25, 0.3) is 11.4 Å². The third kappa shape index (κ3) is 3.38. The number of hydrogen-bond acceptors (Lipinski definition) is 5. The maximum absolute atomic E-state index is 13.2. The Kier molecular flexibility index (Phi) is 4.84. The number of amides is 3. The van der Waals surface area contributed by atoms with Gasteiger partial charge in [-0.15, -0.1) is 0 Å². The lowest BCUT2D eigenvalue weighted by molar-refractivity contribution is -0.132. The molecule has 8 heteroatoms.